The molecule has 1 heterocycles. The molecule has 1 aromatic heterocycles. The maximum atomic E-state index is 12.3. The number of aromatic nitrogens is 2. The summed E-state index contributed by atoms with van der Waals surface area (Å²) in [5.74, 6) is 2.92. The maximum Gasteiger partial charge on any atom is 0.292 e. The summed E-state index contributed by atoms with van der Waals surface area (Å²) >= 11 is 6.12. The van der Waals surface area contributed by atoms with E-state index in [1.165, 1.54) is 10.9 Å². The standard InChI is InChI=1S/C15H23ClN4O/c1-6-7-20-15(21)14(13(16)9-17-20)18-12(8-11(2)3)10-19(4)5/h1,9,11-12,18H,7-8,10H2,2-5H3. The molecule has 0 radical (unpaired) electrons. The van der Waals surface area contributed by atoms with Crippen LogP contribution in [0.15, 0.2) is 11.0 Å². The van der Waals surface area contributed by atoms with Crippen LogP contribution in [-0.2, 0) is 6.54 Å². The number of likely N-dealkylation sites (N-methyl/N-ethyl adjacent to an activating group) is 1. The molecule has 0 saturated heterocycles. The van der Waals surface area contributed by atoms with Crippen molar-refractivity contribution >= 4 is 17.3 Å². The number of nitrogens with zero attached hydrogens (tertiary/aromatic N) is 3. The summed E-state index contributed by atoms with van der Waals surface area (Å²) in [7, 11) is 4.00. The Bertz CT molecular complexity index is 550. The van der Waals surface area contributed by atoms with Gasteiger partial charge in [-0.15, -0.1) is 6.42 Å². The van der Waals surface area contributed by atoms with Crippen LogP contribution in [0.1, 0.15) is 20.3 Å². The molecule has 0 saturated carbocycles. The number of halogens is 1. The van der Waals surface area contributed by atoms with Crippen molar-refractivity contribution in [1.29, 1.82) is 0 Å². The fourth-order valence-corrected chi connectivity index (χ4v) is 2.37. The maximum absolute atomic E-state index is 12.3. The predicted molar refractivity (Wildman–Crippen MR) is 87.8 cm³/mol. The zero-order valence-electron chi connectivity index (χ0n) is 13.1. The molecule has 6 heteroatoms. The lowest BCUT2D eigenvalue weighted by Crippen LogP contribution is -2.36. The average molecular weight is 311 g/mol. The molecule has 0 aliphatic carbocycles. The monoisotopic (exact) mass is 310 g/mol. The average Bonchev–Trinajstić information content (AvgIpc) is 2.36. The smallest absolute Gasteiger partial charge is 0.292 e. The first-order valence-corrected chi connectivity index (χ1v) is 7.33. The fraction of sp³-hybridized carbons (Fsp3) is 0.600. The molecule has 1 rings (SSSR count). The molecule has 0 aliphatic rings. The van der Waals surface area contributed by atoms with Crippen LogP contribution >= 0.6 is 11.6 Å². The third kappa shape index (κ3) is 5.41. The zero-order valence-corrected chi connectivity index (χ0v) is 13.8. The van der Waals surface area contributed by atoms with Gasteiger partial charge in [-0.05, 0) is 26.4 Å². The Labute approximate surface area is 131 Å². The zero-order chi connectivity index (χ0) is 16.0. The van der Waals surface area contributed by atoms with Gasteiger partial charge < -0.3 is 10.2 Å². The van der Waals surface area contributed by atoms with Gasteiger partial charge >= 0.3 is 0 Å². The molecule has 0 aliphatic heterocycles. The largest absolute Gasteiger partial charge is 0.375 e. The quantitative estimate of drug-likeness (QED) is 0.782. The Morgan fingerprint density at radius 2 is 2.19 bits per heavy atom. The van der Waals surface area contributed by atoms with E-state index in [9.17, 15) is 4.79 Å². The number of hydrogen-bond donors (Lipinski definition) is 1. The molecule has 1 N–H and O–H groups in total. The second kappa shape index (κ2) is 8.06. The Morgan fingerprint density at radius 1 is 1.52 bits per heavy atom. The van der Waals surface area contributed by atoms with Gasteiger partial charge in [0.1, 0.15) is 12.2 Å². The van der Waals surface area contributed by atoms with E-state index < -0.39 is 0 Å². The molecular weight excluding hydrogens is 288 g/mol. The van der Waals surface area contributed by atoms with Crippen LogP contribution in [0, 0.1) is 18.3 Å². The summed E-state index contributed by atoms with van der Waals surface area (Å²) < 4.78 is 1.23. The molecule has 21 heavy (non-hydrogen) atoms. The van der Waals surface area contributed by atoms with Gasteiger partial charge in [0.25, 0.3) is 5.56 Å². The van der Waals surface area contributed by atoms with E-state index in [1.807, 2.05) is 14.1 Å². The lowest BCUT2D eigenvalue weighted by Gasteiger charge is -2.25. The number of nitrogens with one attached hydrogen (secondary N) is 1. The highest BCUT2D eigenvalue weighted by Crippen LogP contribution is 2.18. The molecule has 1 atom stereocenters. The number of terminal acetylenes is 1. The summed E-state index contributed by atoms with van der Waals surface area (Å²) in [5.41, 5.74) is 0.0855. The lowest BCUT2D eigenvalue weighted by molar-refractivity contribution is 0.356. The van der Waals surface area contributed by atoms with Crippen LogP contribution in [0.4, 0.5) is 5.69 Å². The fourth-order valence-electron chi connectivity index (χ4n) is 2.19. The predicted octanol–water partition coefficient (Wildman–Crippen LogP) is 1.92. The molecule has 0 spiro atoms. The minimum absolute atomic E-state index is 0.131. The van der Waals surface area contributed by atoms with Crippen molar-refractivity contribution in [1.82, 2.24) is 14.7 Å². The van der Waals surface area contributed by atoms with Crippen molar-refractivity contribution in [2.75, 3.05) is 26.0 Å². The molecule has 0 fully saturated rings. The molecule has 1 aromatic rings. The molecule has 0 bridgehead atoms. The van der Waals surface area contributed by atoms with Gasteiger partial charge in [0, 0.05) is 12.6 Å². The van der Waals surface area contributed by atoms with Crippen LogP contribution in [-0.4, -0.2) is 41.4 Å². The van der Waals surface area contributed by atoms with E-state index in [0.717, 1.165) is 13.0 Å². The second-order valence-electron chi connectivity index (χ2n) is 5.77. The molecular formula is C15H23ClN4O. The van der Waals surface area contributed by atoms with Crippen LogP contribution in [0.2, 0.25) is 5.02 Å². The Morgan fingerprint density at radius 3 is 2.71 bits per heavy atom. The van der Waals surface area contributed by atoms with E-state index in [0.29, 0.717) is 16.6 Å². The normalized spacial score (nSPS) is 12.5. The van der Waals surface area contributed by atoms with Crippen molar-refractivity contribution in [2.45, 2.75) is 32.9 Å². The summed E-state index contributed by atoms with van der Waals surface area (Å²) in [6.45, 7) is 5.24. The minimum Gasteiger partial charge on any atom is -0.375 e. The van der Waals surface area contributed by atoms with E-state index in [-0.39, 0.29) is 18.1 Å². The SMILES string of the molecule is C#CCn1ncc(Cl)c(NC(CC(C)C)CN(C)C)c1=O. The van der Waals surface area contributed by atoms with Crippen molar-refractivity contribution in [2.24, 2.45) is 5.92 Å². The van der Waals surface area contributed by atoms with E-state index in [1.54, 1.807) is 0 Å². The van der Waals surface area contributed by atoms with Crippen LogP contribution in [0.3, 0.4) is 0 Å². The summed E-state index contributed by atoms with van der Waals surface area (Å²) in [6, 6.07) is 0.131. The van der Waals surface area contributed by atoms with Gasteiger partial charge in [0.15, 0.2) is 0 Å². The Balaban J connectivity index is 3.05. The molecule has 5 nitrogen and oxygen atoms in total. The van der Waals surface area contributed by atoms with E-state index >= 15 is 0 Å². The first kappa shape index (κ1) is 17.5. The van der Waals surface area contributed by atoms with Gasteiger partial charge in [0.2, 0.25) is 0 Å². The molecule has 116 valence electrons. The minimum atomic E-state index is -0.284. The third-order valence-corrected chi connectivity index (χ3v) is 3.22. The number of anilines is 1. The van der Waals surface area contributed by atoms with Crippen molar-refractivity contribution in [3.8, 4) is 12.3 Å². The van der Waals surface area contributed by atoms with Crippen molar-refractivity contribution in [3.63, 3.8) is 0 Å². The lowest BCUT2D eigenvalue weighted by atomic mass is 10.0. The van der Waals surface area contributed by atoms with Crippen molar-refractivity contribution < 1.29 is 0 Å². The topological polar surface area (TPSA) is 50.2 Å². The number of rotatable bonds is 7. The first-order valence-electron chi connectivity index (χ1n) is 6.95. The second-order valence-corrected chi connectivity index (χ2v) is 6.17. The highest BCUT2D eigenvalue weighted by molar-refractivity contribution is 6.33. The van der Waals surface area contributed by atoms with Crippen LogP contribution < -0.4 is 10.9 Å². The third-order valence-electron chi connectivity index (χ3n) is 2.93. The van der Waals surface area contributed by atoms with Crippen molar-refractivity contribution in [3.05, 3.63) is 21.6 Å². The summed E-state index contributed by atoms with van der Waals surface area (Å²) in [4.78, 5) is 14.4. The first-order chi connectivity index (χ1) is 9.85. The van der Waals surface area contributed by atoms with E-state index in [2.05, 4.69) is 35.1 Å². The van der Waals surface area contributed by atoms with Gasteiger partial charge in [-0.3, -0.25) is 4.79 Å². The van der Waals surface area contributed by atoms with Gasteiger partial charge in [-0.25, -0.2) is 4.68 Å². The molecule has 0 amide bonds. The van der Waals surface area contributed by atoms with Crippen LogP contribution in [0.5, 0.6) is 0 Å². The van der Waals surface area contributed by atoms with Gasteiger partial charge in [-0.2, -0.15) is 5.10 Å². The highest BCUT2D eigenvalue weighted by atomic mass is 35.5. The summed E-state index contributed by atoms with van der Waals surface area (Å²) in [6.07, 6.45) is 7.63. The van der Waals surface area contributed by atoms with Gasteiger partial charge in [-0.1, -0.05) is 31.4 Å². The highest BCUT2D eigenvalue weighted by Gasteiger charge is 2.17. The summed E-state index contributed by atoms with van der Waals surface area (Å²) in [5, 5.41) is 7.52. The molecule has 0 aromatic carbocycles. The van der Waals surface area contributed by atoms with E-state index in [4.69, 9.17) is 18.0 Å². The number of hydrogen-bond acceptors (Lipinski definition) is 4. The Kier molecular flexibility index (Phi) is 6.73. The van der Waals surface area contributed by atoms with Crippen LogP contribution in [0.25, 0.3) is 0 Å². The Hall–Kier alpha value is -1.51. The van der Waals surface area contributed by atoms with Gasteiger partial charge in [0.05, 0.1) is 11.2 Å². The molecule has 1 unspecified atom stereocenters.